The summed E-state index contributed by atoms with van der Waals surface area (Å²) in [6, 6.07) is 3.91. The lowest BCUT2D eigenvalue weighted by molar-refractivity contribution is 0.0900. The van der Waals surface area contributed by atoms with Gasteiger partial charge in [-0.3, -0.25) is 4.79 Å². The molecule has 0 aliphatic carbocycles. The Morgan fingerprint density at radius 3 is 2.50 bits per heavy atom. The van der Waals surface area contributed by atoms with Gasteiger partial charge in [0.05, 0.1) is 6.61 Å². The summed E-state index contributed by atoms with van der Waals surface area (Å²) in [6.07, 6.45) is 0.854. The molecule has 2 nitrogen and oxygen atoms in total. The minimum absolute atomic E-state index is 0.0555. The van der Waals surface area contributed by atoms with Crippen LogP contribution in [0.5, 0.6) is 0 Å². The Kier molecular flexibility index (Phi) is 3.45. The Balaban J connectivity index is 2.29. The number of halogens is 1. The van der Waals surface area contributed by atoms with E-state index in [4.69, 9.17) is 4.74 Å². The quantitative estimate of drug-likeness (QED) is 0.778. The SMILES string of the molecule is Cc1cc(C(=O)C2CCOC2)cc(C)c1Br. The standard InChI is InChI=1S/C13H15BrO2/c1-8-5-11(6-9(2)12(8)14)13(15)10-3-4-16-7-10/h5-6,10H,3-4,7H2,1-2H3. The van der Waals surface area contributed by atoms with E-state index in [1.165, 1.54) is 0 Å². The van der Waals surface area contributed by atoms with Gasteiger partial charge in [-0.25, -0.2) is 0 Å². The normalized spacial score (nSPS) is 20.1. The number of rotatable bonds is 2. The van der Waals surface area contributed by atoms with Crippen LogP contribution in [0.25, 0.3) is 0 Å². The Hall–Kier alpha value is -0.670. The molecule has 1 heterocycles. The summed E-state index contributed by atoms with van der Waals surface area (Å²) in [7, 11) is 0. The van der Waals surface area contributed by atoms with E-state index in [1.54, 1.807) is 0 Å². The lowest BCUT2D eigenvalue weighted by Crippen LogP contribution is -2.15. The number of benzene rings is 1. The summed E-state index contributed by atoms with van der Waals surface area (Å²) in [4.78, 5) is 12.2. The van der Waals surface area contributed by atoms with Crippen LogP contribution in [-0.4, -0.2) is 19.0 Å². The molecule has 0 amide bonds. The Morgan fingerprint density at radius 2 is 2.00 bits per heavy atom. The van der Waals surface area contributed by atoms with Crippen molar-refractivity contribution in [3.63, 3.8) is 0 Å². The largest absolute Gasteiger partial charge is 0.381 e. The number of ketones is 1. The summed E-state index contributed by atoms with van der Waals surface area (Å²) in [5.74, 6) is 0.274. The maximum atomic E-state index is 12.2. The number of ether oxygens (including phenoxy) is 1. The molecule has 1 aromatic rings. The van der Waals surface area contributed by atoms with E-state index in [0.717, 1.165) is 27.6 Å². The molecule has 86 valence electrons. The van der Waals surface area contributed by atoms with E-state index in [1.807, 2.05) is 26.0 Å². The van der Waals surface area contributed by atoms with Gasteiger partial charge in [-0.15, -0.1) is 0 Å². The van der Waals surface area contributed by atoms with Crippen LogP contribution in [0.3, 0.4) is 0 Å². The minimum Gasteiger partial charge on any atom is -0.381 e. The number of Topliss-reactive ketones (excluding diaryl/α,β-unsaturated/α-hetero) is 1. The van der Waals surface area contributed by atoms with Crippen molar-refractivity contribution < 1.29 is 9.53 Å². The summed E-state index contributed by atoms with van der Waals surface area (Å²) >= 11 is 3.51. The fraction of sp³-hybridized carbons (Fsp3) is 0.462. The molecule has 1 fully saturated rings. The molecule has 1 aliphatic rings. The molecule has 2 rings (SSSR count). The Labute approximate surface area is 104 Å². The molecular weight excluding hydrogens is 268 g/mol. The van der Waals surface area contributed by atoms with Crippen molar-refractivity contribution in [2.45, 2.75) is 20.3 Å². The van der Waals surface area contributed by atoms with Gasteiger partial charge in [0, 0.05) is 22.6 Å². The smallest absolute Gasteiger partial charge is 0.168 e. The van der Waals surface area contributed by atoms with Gasteiger partial charge in [-0.1, -0.05) is 15.9 Å². The van der Waals surface area contributed by atoms with Gasteiger partial charge in [0.25, 0.3) is 0 Å². The third kappa shape index (κ3) is 2.20. The molecule has 16 heavy (non-hydrogen) atoms. The number of hydrogen-bond acceptors (Lipinski definition) is 2. The van der Waals surface area contributed by atoms with Gasteiger partial charge in [0.2, 0.25) is 0 Å². The maximum Gasteiger partial charge on any atom is 0.168 e. The number of hydrogen-bond donors (Lipinski definition) is 0. The van der Waals surface area contributed by atoms with Crippen LogP contribution in [-0.2, 0) is 4.74 Å². The molecular formula is C13H15BrO2. The average Bonchev–Trinajstić information content (AvgIpc) is 2.77. The lowest BCUT2D eigenvalue weighted by atomic mass is 9.95. The van der Waals surface area contributed by atoms with Gasteiger partial charge < -0.3 is 4.74 Å². The van der Waals surface area contributed by atoms with E-state index >= 15 is 0 Å². The first-order valence-corrected chi connectivity index (χ1v) is 6.27. The van der Waals surface area contributed by atoms with E-state index in [2.05, 4.69) is 15.9 Å². The van der Waals surface area contributed by atoms with Crippen LogP contribution in [0.4, 0.5) is 0 Å². The molecule has 0 aromatic heterocycles. The highest BCUT2D eigenvalue weighted by molar-refractivity contribution is 9.10. The molecule has 0 bridgehead atoms. The molecule has 1 saturated heterocycles. The summed E-state index contributed by atoms with van der Waals surface area (Å²) in [5.41, 5.74) is 3.04. The van der Waals surface area contributed by atoms with Crippen molar-refractivity contribution in [1.29, 1.82) is 0 Å². The van der Waals surface area contributed by atoms with Crippen molar-refractivity contribution >= 4 is 21.7 Å². The second kappa shape index (κ2) is 4.68. The van der Waals surface area contributed by atoms with E-state index < -0.39 is 0 Å². The van der Waals surface area contributed by atoms with Gasteiger partial charge in [0.15, 0.2) is 5.78 Å². The lowest BCUT2D eigenvalue weighted by Gasteiger charge is -2.10. The average molecular weight is 283 g/mol. The van der Waals surface area contributed by atoms with Crippen LogP contribution in [0.2, 0.25) is 0 Å². The second-order valence-electron chi connectivity index (χ2n) is 4.35. The third-order valence-corrected chi connectivity index (χ3v) is 4.27. The number of carbonyl (C=O) groups excluding carboxylic acids is 1. The van der Waals surface area contributed by atoms with Crippen molar-refractivity contribution in [2.24, 2.45) is 5.92 Å². The van der Waals surface area contributed by atoms with Gasteiger partial charge in [-0.2, -0.15) is 0 Å². The first-order valence-electron chi connectivity index (χ1n) is 5.48. The van der Waals surface area contributed by atoms with Crippen molar-refractivity contribution in [1.82, 2.24) is 0 Å². The molecule has 3 heteroatoms. The summed E-state index contributed by atoms with van der Waals surface area (Å²) < 4.78 is 6.34. The van der Waals surface area contributed by atoms with Gasteiger partial charge in [-0.05, 0) is 43.5 Å². The van der Waals surface area contributed by atoms with Crippen molar-refractivity contribution in [3.8, 4) is 0 Å². The van der Waals surface area contributed by atoms with Crippen LogP contribution < -0.4 is 0 Å². The highest BCUT2D eigenvalue weighted by atomic mass is 79.9. The molecule has 0 saturated carbocycles. The Morgan fingerprint density at radius 1 is 1.38 bits per heavy atom. The molecule has 0 N–H and O–H groups in total. The van der Waals surface area contributed by atoms with Crippen LogP contribution in [0.15, 0.2) is 16.6 Å². The monoisotopic (exact) mass is 282 g/mol. The Bertz CT molecular complexity index is 397. The zero-order chi connectivity index (χ0) is 11.7. The predicted octanol–water partition coefficient (Wildman–Crippen LogP) is 3.29. The maximum absolute atomic E-state index is 12.2. The first-order chi connectivity index (χ1) is 7.59. The number of carbonyl (C=O) groups is 1. The van der Waals surface area contributed by atoms with E-state index in [0.29, 0.717) is 13.2 Å². The third-order valence-electron chi connectivity index (χ3n) is 3.02. The van der Waals surface area contributed by atoms with E-state index in [-0.39, 0.29) is 11.7 Å². The second-order valence-corrected chi connectivity index (χ2v) is 5.14. The van der Waals surface area contributed by atoms with Crippen LogP contribution >= 0.6 is 15.9 Å². The van der Waals surface area contributed by atoms with Crippen LogP contribution in [0, 0.1) is 19.8 Å². The molecule has 1 unspecified atom stereocenters. The molecule has 0 spiro atoms. The summed E-state index contributed by atoms with van der Waals surface area (Å²) in [5, 5.41) is 0. The first kappa shape index (κ1) is 11.8. The zero-order valence-corrected chi connectivity index (χ0v) is 11.1. The molecule has 1 atom stereocenters. The van der Waals surface area contributed by atoms with Crippen LogP contribution in [0.1, 0.15) is 27.9 Å². The summed E-state index contributed by atoms with van der Waals surface area (Å²) in [6.45, 7) is 5.32. The van der Waals surface area contributed by atoms with Crippen molar-refractivity contribution in [3.05, 3.63) is 33.3 Å². The van der Waals surface area contributed by atoms with Gasteiger partial charge in [0.1, 0.15) is 0 Å². The van der Waals surface area contributed by atoms with Gasteiger partial charge >= 0.3 is 0 Å². The fourth-order valence-electron chi connectivity index (χ4n) is 2.07. The molecule has 1 aromatic carbocycles. The fourth-order valence-corrected chi connectivity index (χ4v) is 2.29. The molecule has 1 aliphatic heterocycles. The topological polar surface area (TPSA) is 26.3 Å². The zero-order valence-electron chi connectivity index (χ0n) is 9.55. The molecule has 0 radical (unpaired) electrons. The highest BCUT2D eigenvalue weighted by Crippen LogP contribution is 2.25. The minimum atomic E-state index is 0.0555. The van der Waals surface area contributed by atoms with E-state index in [9.17, 15) is 4.79 Å². The number of aryl methyl sites for hydroxylation is 2. The highest BCUT2D eigenvalue weighted by Gasteiger charge is 2.25. The van der Waals surface area contributed by atoms with Crippen molar-refractivity contribution in [2.75, 3.05) is 13.2 Å². The predicted molar refractivity (Wildman–Crippen MR) is 66.9 cm³/mol.